The maximum Gasteiger partial charge on any atom is 0.293 e. The number of halogens is 1. The minimum atomic E-state index is -0.423. The zero-order valence-corrected chi connectivity index (χ0v) is 16.4. The normalized spacial score (nSPS) is 14.7. The molecular formula is C20H22ClN3O4. The number of anilines is 1. The fourth-order valence-corrected chi connectivity index (χ4v) is 3.32. The molecule has 2 aromatic carbocycles. The lowest BCUT2D eigenvalue weighted by Gasteiger charge is -2.35. The van der Waals surface area contributed by atoms with Crippen molar-refractivity contribution in [3.8, 4) is 5.75 Å². The van der Waals surface area contributed by atoms with E-state index in [-0.39, 0.29) is 11.5 Å². The molecule has 1 aliphatic heterocycles. The number of rotatable bonds is 7. The number of Topliss-reactive ketones (excluding diaryl/α,β-unsaturated/α-hetero) is 1. The summed E-state index contributed by atoms with van der Waals surface area (Å²) in [6.45, 7) is 5.69. The molecule has 0 spiro atoms. The van der Waals surface area contributed by atoms with Crippen LogP contribution in [-0.4, -0.2) is 54.9 Å². The van der Waals surface area contributed by atoms with Gasteiger partial charge in [0.2, 0.25) is 0 Å². The standard InChI is InChI=1S/C20H22ClN3O4/c1-15(25)16-2-7-19(20(14-16)24(26)27)23-10-8-22(9-11-23)12-13-28-18-5-3-17(21)4-6-18/h2-7,14H,8-13H2,1H3. The first-order chi connectivity index (χ1) is 13.4. The number of carbonyl (C=O) groups is 1. The quantitative estimate of drug-likeness (QED) is 0.399. The molecule has 0 bridgehead atoms. The SMILES string of the molecule is CC(=O)c1ccc(N2CCN(CCOc3ccc(Cl)cc3)CC2)c([N+](=O)[O-])c1. The van der Waals surface area contributed by atoms with E-state index in [9.17, 15) is 14.9 Å². The first kappa shape index (κ1) is 20.1. The number of nitro benzene ring substituents is 1. The molecule has 1 aliphatic rings. The molecule has 3 rings (SSSR count). The van der Waals surface area contributed by atoms with Crippen LogP contribution >= 0.6 is 11.6 Å². The van der Waals surface area contributed by atoms with E-state index in [0.29, 0.717) is 36.0 Å². The zero-order valence-electron chi connectivity index (χ0n) is 15.6. The molecule has 1 fully saturated rings. The highest BCUT2D eigenvalue weighted by Crippen LogP contribution is 2.30. The van der Waals surface area contributed by atoms with E-state index in [1.165, 1.54) is 13.0 Å². The van der Waals surface area contributed by atoms with Gasteiger partial charge < -0.3 is 9.64 Å². The van der Waals surface area contributed by atoms with Crippen molar-refractivity contribution in [2.45, 2.75) is 6.92 Å². The van der Waals surface area contributed by atoms with E-state index in [0.717, 1.165) is 25.4 Å². The summed E-state index contributed by atoms with van der Waals surface area (Å²) in [5.74, 6) is 0.601. The molecule has 0 aromatic heterocycles. The van der Waals surface area contributed by atoms with Gasteiger partial charge in [-0.25, -0.2) is 0 Å². The van der Waals surface area contributed by atoms with Crippen LogP contribution in [0.15, 0.2) is 42.5 Å². The van der Waals surface area contributed by atoms with Gasteiger partial charge in [-0.05, 0) is 43.3 Å². The highest BCUT2D eigenvalue weighted by molar-refractivity contribution is 6.30. The van der Waals surface area contributed by atoms with Crippen LogP contribution in [0.2, 0.25) is 5.02 Å². The van der Waals surface area contributed by atoms with Crippen LogP contribution < -0.4 is 9.64 Å². The van der Waals surface area contributed by atoms with Gasteiger partial charge in [-0.15, -0.1) is 0 Å². The Bertz CT molecular complexity index is 849. The molecule has 0 unspecified atom stereocenters. The van der Waals surface area contributed by atoms with Crippen molar-refractivity contribution in [2.24, 2.45) is 0 Å². The highest BCUT2D eigenvalue weighted by atomic mass is 35.5. The number of nitrogens with zero attached hydrogens (tertiary/aromatic N) is 3. The van der Waals surface area contributed by atoms with Gasteiger partial charge >= 0.3 is 0 Å². The molecule has 0 aliphatic carbocycles. The molecule has 0 saturated carbocycles. The highest BCUT2D eigenvalue weighted by Gasteiger charge is 2.24. The molecule has 1 saturated heterocycles. The largest absolute Gasteiger partial charge is 0.492 e. The molecular weight excluding hydrogens is 382 g/mol. The number of piperazine rings is 1. The van der Waals surface area contributed by atoms with Gasteiger partial charge in [-0.2, -0.15) is 0 Å². The minimum absolute atomic E-state index is 0.0211. The Labute approximate surface area is 168 Å². The Balaban J connectivity index is 1.54. The molecule has 0 atom stereocenters. The van der Waals surface area contributed by atoms with Crippen molar-refractivity contribution in [1.29, 1.82) is 0 Å². The second-order valence-corrected chi connectivity index (χ2v) is 7.08. The molecule has 0 amide bonds. The number of hydrogen-bond donors (Lipinski definition) is 0. The number of ether oxygens (including phenoxy) is 1. The number of ketones is 1. The second-order valence-electron chi connectivity index (χ2n) is 6.65. The first-order valence-corrected chi connectivity index (χ1v) is 9.47. The Hall–Kier alpha value is -2.64. The van der Waals surface area contributed by atoms with Crippen molar-refractivity contribution in [2.75, 3.05) is 44.2 Å². The van der Waals surface area contributed by atoms with E-state index >= 15 is 0 Å². The van der Waals surface area contributed by atoms with Crippen LogP contribution in [0.25, 0.3) is 0 Å². The molecule has 0 N–H and O–H groups in total. The van der Waals surface area contributed by atoms with E-state index in [1.54, 1.807) is 24.3 Å². The van der Waals surface area contributed by atoms with Crippen molar-refractivity contribution < 1.29 is 14.5 Å². The summed E-state index contributed by atoms with van der Waals surface area (Å²) in [5.41, 5.74) is 0.896. The third kappa shape index (κ3) is 4.99. The predicted octanol–water partition coefficient (Wildman–Crippen LogP) is 3.65. The molecule has 0 radical (unpaired) electrons. The summed E-state index contributed by atoms with van der Waals surface area (Å²) >= 11 is 5.86. The number of nitro groups is 1. The molecule has 148 valence electrons. The fourth-order valence-electron chi connectivity index (χ4n) is 3.19. The lowest BCUT2D eigenvalue weighted by atomic mass is 10.1. The van der Waals surface area contributed by atoms with Gasteiger partial charge in [0, 0.05) is 49.4 Å². The lowest BCUT2D eigenvalue weighted by Crippen LogP contribution is -2.47. The van der Waals surface area contributed by atoms with Gasteiger partial charge in [-0.1, -0.05) is 11.6 Å². The van der Waals surface area contributed by atoms with Gasteiger partial charge in [0.25, 0.3) is 5.69 Å². The Morgan fingerprint density at radius 3 is 2.43 bits per heavy atom. The average Bonchev–Trinajstić information content (AvgIpc) is 2.69. The molecule has 28 heavy (non-hydrogen) atoms. The maximum absolute atomic E-state index is 11.5. The summed E-state index contributed by atoms with van der Waals surface area (Å²) < 4.78 is 5.73. The summed E-state index contributed by atoms with van der Waals surface area (Å²) in [6, 6.07) is 11.9. The first-order valence-electron chi connectivity index (χ1n) is 9.09. The third-order valence-electron chi connectivity index (χ3n) is 4.78. The molecule has 7 nitrogen and oxygen atoms in total. The van der Waals surface area contributed by atoms with Gasteiger partial charge in [0.1, 0.15) is 18.0 Å². The van der Waals surface area contributed by atoms with E-state index in [1.807, 2.05) is 17.0 Å². The Kier molecular flexibility index (Phi) is 6.49. The summed E-state index contributed by atoms with van der Waals surface area (Å²) in [4.78, 5) is 26.8. The maximum atomic E-state index is 11.5. The number of benzene rings is 2. The van der Waals surface area contributed by atoms with Crippen molar-refractivity contribution in [3.05, 3.63) is 63.2 Å². The van der Waals surface area contributed by atoms with Crippen LogP contribution in [0.5, 0.6) is 5.75 Å². The van der Waals surface area contributed by atoms with Crippen LogP contribution in [0.3, 0.4) is 0 Å². The Morgan fingerprint density at radius 1 is 1.14 bits per heavy atom. The van der Waals surface area contributed by atoms with E-state index in [4.69, 9.17) is 16.3 Å². The zero-order chi connectivity index (χ0) is 20.1. The van der Waals surface area contributed by atoms with Gasteiger partial charge in [0.15, 0.2) is 5.78 Å². The Morgan fingerprint density at radius 2 is 1.82 bits per heavy atom. The van der Waals surface area contributed by atoms with Crippen molar-refractivity contribution in [1.82, 2.24) is 4.90 Å². The summed E-state index contributed by atoms with van der Waals surface area (Å²) in [5, 5.41) is 12.1. The number of hydrogen-bond acceptors (Lipinski definition) is 6. The van der Waals surface area contributed by atoms with Gasteiger partial charge in [0.05, 0.1) is 4.92 Å². The monoisotopic (exact) mass is 403 g/mol. The van der Waals surface area contributed by atoms with Crippen LogP contribution in [-0.2, 0) is 0 Å². The van der Waals surface area contributed by atoms with Crippen molar-refractivity contribution >= 4 is 28.8 Å². The topological polar surface area (TPSA) is 75.9 Å². The smallest absolute Gasteiger partial charge is 0.293 e. The fraction of sp³-hybridized carbons (Fsp3) is 0.350. The third-order valence-corrected chi connectivity index (χ3v) is 5.03. The molecule has 1 heterocycles. The van der Waals surface area contributed by atoms with E-state index in [2.05, 4.69) is 4.90 Å². The van der Waals surface area contributed by atoms with Gasteiger partial charge in [-0.3, -0.25) is 19.8 Å². The minimum Gasteiger partial charge on any atom is -0.492 e. The summed E-state index contributed by atoms with van der Waals surface area (Å²) in [6.07, 6.45) is 0. The van der Waals surface area contributed by atoms with Crippen LogP contribution in [0.1, 0.15) is 17.3 Å². The second kappa shape index (κ2) is 9.03. The van der Waals surface area contributed by atoms with Crippen LogP contribution in [0.4, 0.5) is 11.4 Å². The number of carbonyl (C=O) groups excluding carboxylic acids is 1. The van der Waals surface area contributed by atoms with Crippen LogP contribution in [0, 0.1) is 10.1 Å². The lowest BCUT2D eigenvalue weighted by molar-refractivity contribution is -0.384. The molecule has 8 heteroatoms. The van der Waals surface area contributed by atoms with E-state index < -0.39 is 4.92 Å². The average molecular weight is 404 g/mol. The van der Waals surface area contributed by atoms with Crippen molar-refractivity contribution in [3.63, 3.8) is 0 Å². The summed E-state index contributed by atoms with van der Waals surface area (Å²) in [7, 11) is 0. The molecule has 2 aromatic rings. The predicted molar refractivity (Wildman–Crippen MR) is 109 cm³/mol.